The second-order valence-corrected chi connectivity index (χ2v) is 10.8. The minimum absolute atomic E-state index is 0.115. The Kier molecular flexibility index (Phi) is 7.10. The Labute approximate surface area is 211 Å². The Bertz CT molecular complexity index is 1120. The van der Waals surface area contributed by atoms with Crippen molar-refractivity contribution < 1.29 is 23.1 Å². The van der Waals surface area contributed by atoms with E-state index in [4.69, 9.17) is 4.74 Å². The molecule has 0 N–H and O–H groups in total. The summed E-state index contributed by atoms with van der Waals surface area (Å²) >= 11 is 0. The summed E-state index contributed by atoms with van der Waals surface area (Å²) in [6.45, 7) is 9.21. The zero-order valence-corrected chi connectivity index (χ0v) is 21.7. The van der Waals surface area contributed by atoms with Gasteiger partial charge in [-0.25, -0.2) is 13.6 Å². The second-order valence-electron chi connectivity index (χ2n) is 10.8. The van der Waals surface area contributed by atoms with Crippen LogP contribution >= 0.6 is 0 Å². The van der Waals surface area contributed by atoms with E-state index in [1.165, 1.54) is 12.1 Å². The van der Waals surface area contributed by atoms with Crippen LogP contribution in [-0.2, 0) is 21.5 Å². The maximum atomic E-state index is 14.3. The number of likely N-dealkylation sites (N-methyl/N-ethyl adjacent to an activating group) is 1. The minimum Gasteiger partial charge on any atom is -0.444 e. The molecule has 1 heterocycles. The lowest BCUT2D eigenvalue weighted by Crippen LogP contribution is -2.61. The van der Waals surface area contributed by atoms with Gasteiger partial charge in [0.15, 0.2) is 0 Å². The van der Waals surface area contributed by atoms with Gasteiger partial charge in [-0.15, -0.1) is 0 Å². The molecule has 2 aliphatic rings. The van der Waals surface area contributed by atoms with Crippen LogP contribution in [0.15, 0.2) is 42.5 Å². The van der Waals surface area contributed by atoms with E-state index >= 15 is 0 Å². The first-order valence-corrected chi connectivity index (χ1v) is 12.5. The molecule has 0 saturated carbocycles. The minimum atomic E-state index is -0.911. The average molecular weight is 500 g/mol. The van der Waals surface area contributed by atoms with Gasteiger partial charge in [0.2, 0.25) is 5.91 Å². The molecule has 1 saturated heterocycles. The number of carbonyl (C=O) groups is 2. The van der Waals surface area contributed by atoms with Gasteiger partial charge in [-0.2, -0.15) is 0 Å². The normalized spacial score (nSPS) is 21.1. The van der Waals surface area contributed by atoms with Crippen molar-refractivity contribution in [1.82, 2.24) is 14.7 Å². The van der Waals surface area contributed by atoms with E-state index in [9.17, 15) is 18.4 Å². The summed E-state index contributed by atoms with van der Waals surface area (Å²) in [5.41, 5.74) is 0.999. The fraction of sp³-hybridized carbons (Fsp3) is 0.500. The van der Waals surface area contributed by atoms with Crippen LogP contribution in [0.3, 0.4) is 0 Å². The molecule has 1 fully saturated rings. The molecule has 4 rings (SSSR count). The lowest BCUT2D eigenvalue weighted by atomic mass is 9.86. The van der Waals surface area contributed by atoms with Crippen molar-refractivity contribution in [2.45, 2.75) is 57.7 Å². The highest BCUT2D eigenvalue weighted by Gasteiger charge is 2.52. The molecule has 1 unspecified atom stereocenters. The molecule has 0 spiro atoms. The van der Waals surface area contributed by atoms with Crippen LogP contribution < -0.4 is 0 Å². The number of halogens is 2. The first-order chi connectivity index (χ1) is 16.9. The summed E-state index contributed by atoms with van der Waals surface area (Å²) in [7, 11) is 1.69. The van der Waals surface area contributed by atoms with Crippen molar-refractivity contribution in [3.8, 4) is 0 Å². The molecule has 0 bridgehead atoms. The summed E-state index contributed by atoms with van der Waals surface area (Å²) in [5, 5.41) is 0. The third-order valence-corrected chi connectivity index (χ3v) is 7.31. The zero-order valence-electron chi connectivity index (χ0n) is 21.7. The van der Waals surface area contributed by atoms with Crippen molar-refractivity contribution in [2.24, 2.45) is 0 Å². The van der Waals surface area contributed by atoms with E-state index in [-0.39, 0.29) is 12.0 Å². The molecule has 2 aromatic rings. The molecule has 2 aromatic carbocycles. The third-order valence-electron chi connectivity index (χ3n) is 7.31. The number of aryl methyl sites for hydroxylation is 1. The number of amides is 2. The topological polar surface area (TPSA) is 53.1 Å². The zero-order chi connectivity index (χ0) is 26.3. The van der Waals surface area contributed by atoms with Gasteiger partial charge in [-0.3, -0.25) is 9.69 Å². The monoisotopic (exact) mass is 499 g/mol. The molecule has 0 radical (unpaired) electrons. The number of fused-ring (bicyclic) bond motifs is 1. The van der Waals surface area contributed by atoms with Gasteiger partial charge in [0.05, 0.1) is 6.04 Å². The van der Waals surface area contributed by atoms with E-state index in [2.05, 4.69) is 4.90 Å². The Balaban J connectivity index is 1.62. The van der Waals surface area contributed by atoms with Gasteiger partial charge >= 0.3 is 6.09 Å². The fourth-order valence-electron chi connectivity index (χ4n) is 5.38. The number of carbonyl (C=O) groups excluding carboxylic acids is 2. The number of hydrogen-bond acceptors (Lipinski definition) is 4. The van der Waals surface area contributed by atoms with Gasteiger partial charge < -0.3 is 14.5 Å². The van der Waals surface area contributed by atoms with Crippen LogP contribution in [0.4, 0.5) is 13.6 Å². The molecule has 194 valence electrons. The van der Waals surface area contributed by atoms with Gasteiger partial charge in [0, 0.05) is 39.3 Å². The highest BCUT2D eigenvalue weighted by Crippen LogP contribution is 2.44. The maximum absolute atomic E-state index is 14.3. The number of hydrogen-bond donors (Lipinski definition) is 0. The summed E-state index contributed by atoms with van der Waals surface area (Å²) in [5.74, 6) is -1.45. The number of ether oxygens (including phenoxy) is 1. The second kappa shape index (κ2) is 9.81. The van der Waals surface area contributed by atoms with Crippen molar-refractivity contribution in [2.75, 3.05) is 33.2 Å². The molecule has 2 amide bonds. The first-order valence-electron chi connectivity index (χ1n) is 12.5. The van der Waals surface area contributed by atoms with Crippen LogP contribution in [0.5, 0.6) is 0 Å². The van der Waals surface area contributed by atoms with Crippen molar-refractivity contribution in [1.29, 1.82) is 0 Å². The van der Waals surface area contributed by atoms with E-state index < -0.39 is 28.8 Å². The van der Waals surface area contributed by atoms with Crippen LogP contribution in [0.25, 0.3) is 0 Å². The largest absolute Gasteiger partial charge is 0.444 e. The van der Waals surface area contributed by atoms with E-state index in [1.807, 2.05) is 45.0 Å². The molecule has 1 aliphatic carbocycles. The Morgan fingerprint density at radius 2 is 1.64 bits per heavy atom. The van der Waals surface area contributed by atoms with E-state index in [0.29, 0.717) is 38.2 Å². The van der Waals surface area contributed by atoms with Gasteiger partial charge in [-0.05, 0) is 69.4 Å². The highest BCUT2D eigenvalue weighted by molar-refractivity contribution is 5.89. The van der Waals surface area contributed by atoms with Gasteiger partial charge in [0.25, 0.3) is 0 Å². The molecular formula is C28H35F2N3O3. The van der Waals surface area contributed by atoms with Gasteiger partial charge in [-0.1, -0.05) is 24.3 Å². The smallest absolute Gasteiger partial charge is 0.410 e. The Morgan fingerprint density at radius 3 is 2.25 bits per heavy atom. The lowest BCUT2D eigenvalue weighted by Gasteiger charge is -2.47. The summed E-state index contributed by atoms with van der Waals surface area (Å²) in [6, 6.07) is 10.8. The Hall–Kier alpha value is -3.00. The molecule has 1 aliphatic heterocycles. The number of benzene rings is 2. The van der Waals surface area contributed by atoms with E-state index in [0.717, 1.165) is 23.6 Å². The lowest BCUT2D eigenvalue weighted by molar-refractivity contribution is -0.148. The van der Waals surface area contributed by atoms with E-state index in [1.54, 1.807) is 23.8 Å². The predicted molar refractivity (Wildman–Crippen MR) is 133 cm³/mol. The van der Waals surface area contributed by atoms with Crippen LogP contribution in [0.1, 0.15) is 56.8 Å². The number of nitrogens with zero attached hydrogens (tertiary/aromatic N) is 3. The molecule has 8 heteroatoms. The van der Waals surface area contributed by atoms with Crippen molar-refractivity contribution in [3.63, 3.8) is 0 Å². The van der Waals surface area contributed by atoms with Gasteiger partial charge in [0.1, 0.15) is 22.8 Å². The first kappa shape index (κ1) is 26.1. The maximum Gasteiger partial charge on any atom is 0.410 e. The Morgan fingerprint density at radius 1 is 1.03 bits per heavy atom. The average Bonchev–Trinajstić information content (AvgIpc) is 3.21. The number of piperazine rings is 1. The third kappa shape index (κ3) is 4.96. The highest BCUT2D eigenvalue weighted by atomic mass is 19.1. The standard InChI is InChI=1S/C28H35F2N3O3/c1-19(21-16-22(29)18-23(30)17-21)31(5)25(34)28(11-10-20-8-6-7-9-24(20)28)33-14-12-32(13-15-33)26(35)36-27(2,3)4/h6-9,16-19H,10-15H2,1-5H3/t19?,28-/m1/s1. The fourth-order valence-corrected chi connectivity index (χ4v) is 5.38. The summed E-state index contributed by atoms with van der Waals surface area (Å²) in [4.78, 5) is 32.4. The summed E-state index contributed by atoms with van der Waals surface area (Å²) < 4.78 is 33.4. The molecule has 6 nitrogen and oxygen atoms in total. The SMILES string of the molecule is CC(c1cc(F)cc(F)c1)N(C)C(=O)[C@@]1(N2CCN(C(=O)OC(C)(C)C)CC2)CCc2ccccc21. The molecule has 0 aromatic heterocycles. The van der Waals surface area contributed by atoms with Crippen molar-refractivity contribution in [3.05, 3.63) is 70.8 Å². The molecule has 2 atom stereocenters. The summed E-state index contributed by atoms with van der Waals surface area (Å²) in [6.07, 6.45) is 1.00. The van der Waals surface area contributed by atoms with Crippen LogP contribution in [0.2, 0.25) is 0 Å². The number of rotatable bonds is 4. The predicted octanol–water partition coefficient (Wildman–Crippen LogP) is 4.88. The quantitative estimate of drug-likeness (QED) is 0.602. The van der Waals surface area contributed by atoms with Crippen molar-refractivity contribution >= 4 is 12.0 Å². The van der Waals surface area contributed by atoms with Crippen LogP contribution in [0, 0.1) is 11.6 Å². The van der Waals surface area contributed by atoms with Crippen LogP contribution in [-0.4, -0.2) is 65.5 Å². The molecular weight excluding hydrogens is 464 g/mol. The molecule has 36 heavy (non-hydrogen) atoms.